The highest BCUT2D eigenvalue weighted by atomic mass is 127. The molecule has 0 heterocycles. The van der Waals surface area contributed by atoms with Crippen molar-refractivity contribution in [2.24, 2.45) is 0 Å². The first kappa shape index (κ1) is 23.9. The van der Waals surface area contributed by atoms with Gasteiger partial charge in [0, 0.05) is 0 Å². The van der Waals surface area contributed by atoms with Crippen LogP contribution in [0.5, 0.6) is 11.5 Å². The average Bonchev–Trinajstić information content (AvgIpc) is 2.80. The van der Waals surface area contributed by atoms with Gasteiger partial charge in [0.1, 0.15) is 18.2 Å². The number of carbonyl (C=O) groups excluding carboxylic acids is 1. The number of benzene rings is 3. The van der Waals surface area contributed by atoms with Gasteiger partial charge in [0.15, 0.2) is 11.5 Å². The van der Waals surface area contributed by atoms with Crippen LogP contribution in [0.15, 0.2) is 66.2 Å². The van der Waals surface area contributed by atoms with Crippen LogP contribution in [0.2, 0.25) is 10.0 Å². The van der Waals surface area contributed by atoms with E-state index in [0.29, 0.717) is 34.4 Å². The number of amides is 1. The SMILES string of the molecule is COc1cc(/C=C(\C#N)C(=O)Nc2cccc(Cl)c2Cl)cc(I)c1OCc1ccccc1. The van der Waals surface area contributed by atoms with E-state index in [2.05, 4.69) is 27.9 Å². The largest absolute Gasteiger partial charge is 0.493 e. The van der Waals surface area contributed by atoms with Crippen molar-refractivity contribution in [3.63, 3.8) is 0 Å². The molecule has 0 spiro atoms. The molecule has 3 aromatic rings. The predicted molar refractivity (Wildman–Crippen MR) is 135 cm³/mol. The smallest absolute Gasteiger partial charge is 0.266 e. The average molecular weight is 579 g/mol. The van der Waals surface area contributed by atoms with Crippen molar-refractivity contribution in [1.29, 1.82) is 5.26 Å². The highest BCUT2D eigenvalue weighted by molar-refractivity contribution is 14.1. The molecule has 0 saturated heterocycles. The molecule has 0 fully saturated rings. The Hall–Kier alpha value is -2.73. The van der Waals surface area contributed by atoms with E-state index in [1.54, 1.807) is 30.3 Å². The number of methoxy groups -OCH3 is 1. The van der Waals surface area contributed by atoms with Gasteiger partial charge in [-0.25, -0.2) is 0 Å². The van der Waals surface area contributed by atoms with Gasteiger partial charge in [-0.2, -0.15) is 5.26 Å². The molecule has 0 aliphatic heterocycles. The van der Waals surface area contributed by atoms with Crippen molar-refractivity contribution in [2.45, 2.75) is 6.61 Å². The fraction of sp³-hybridized carbons (Fsp3) is 0.0833. The number of nitrogens with zero attached hydrogens (tertiary/aromatic N) is 1. The van der Waals surface area contributed by atoms with Crippen molar-refractivity contribution in [3.8, 4) is 17.6 Å². The zero-order chi connectivity index (χ0) is 23.1. The Morgan fingerprint density at radius 1 is 1.16 bits per heavy atom. The zero-order valence-corrected chi connectivity index (χ0v) is 20.5. The fourth-order valence-electron chi connectivity index (χ4n) is 2.80. The van der Waals surface area contributed by atoms with E-state index in [-0.39, 0.29) is 10.6 Å². The Kier molecular flexibility index (Phi) is 8.39. The van der Waals surface area contributed by atoms with Crippen molar-refractivity contribution >= 4 is 63.5 Å². The standard InChI is InChI=1S/C24H17Cl2IN2O3/c1-31-21-12-16(11-19(27)23(21)32-14-15-6-3-2-4-7-15)10-17(13-28)24(30)29-20-9-5-8-18(25)22(20)26/h2-12H,14H2,1H3,(H,29,30)/b17-10+. The zero-order valence-electron chi connectivity index (χ0n) is 16.9. The van der Waals surface area contributed by atoms with Crippen LogP contribution in [-0.4, -0.2) is 13.0 Å². The van der Waals surface area contributed by atoms with Gasteiger partial charge in [-0.15, -0.1) is 0 Å². The summed E-state index contributed by atoms with van der Waals surface area (Å²) < 4.78 is 12.2. The molecule has 0 aliphatic carbocycles. The van der Waals surface area contributed by atoms with Gasteiger partial charge in [0.05, 0.1) is 26.4 Å². The van der Waals surface area contributed by atoms with E-state index in [1.807, 2.05) is 36.4 Å². The van der Waals surface area contributed by atoms with Gasteiger partial charge < -0.3 is 14.8 Å². The maximum absolute atomic E-state index is 12.6. The fourth-order valence-corrected chi connectivity index (χ4v) is 3.93. The summed E-state index contributed by atoms with van der Waals surface area (Å²) in [6.45, 7) is 0.384. The van der Waals surface area contributed by atoms with Crippen LogP contribution < -0.4 is 14.8 Å². The van der Waals surface area contributed by atoms with E-state index < -0.39 is 5.91 Å². The molecule has 1 amide bonds. The second kappa shape index (κ2) is 11.2. The Labute approximate surface area is 209 Å². The van der Waals surface area contributed by atoms with Gasteiger partial charge in [-0.05, 0) is 64.1 Å². The maximum Gasteiger partial charge on any atom is 0.266 e. The van der Waals surface area contributed by atoms with Crippen LogP contribution in [0, 0.1) is 14.9 Å². The molecule has 0 saturated carbocycles. The molecule has 0 aliphatic rings. The van der Waals surface area contributed by atoms with E-state index in [0.717, 1.165) is 9.13 Å². The quantitative estimate of drug-likeness (QED) is 0.192. The monoisotopic (exact) mass is 578 g/mol. The van der Waals surface area contributed by atoms with Crippen LogP contribution in [0.1, 0.15) is 11.1 Å². The van der Waals surface area contributed by atoms with Gasteiger partial charge in [0.2, 0.25) is 0 Å². The Balaban J connectivity index is 1.84. The van der Waals surface area contributed by atoms with E-state index >= 15 is 0 Å². The number of nitriles is 1. The van der Waals surface area contributed by atoms with E-state index in [9.17, 15) is 10.1 Å². The molecule has 32 heavy (non-hydrogen) atoms. The molecule has 0 unspecified atom stereocenters. The predicted octanol–water partition coefficient (Wildman–Crippen LogP) is 6.73. The maximum atomic E-state index is 12.6. The third-order valence-electron chi connectivity index (χ3n) is 4.35. The van der Waals surface area contributed by atoms with Crippen LogP contribution >= 0.6 is 45.8 Å². The Bertz CT molecular complexity index is 1210. The minimum Gasteiger partial charge on any atom is -0.493 e. The van der Waals surface area contributed by atoms with Gasteiger partial charge in [-0.3, -0.25) is 4.79 Å². The molecular weight excluding hydrogens is 562 g/mol. The first-order valence-electron chi connectivity index (χ1n) is 9.34. The highest BCUT2D eigenvalue weighted by Crippen LogP contribution is 2.35. The molecule has 0 aromatic heterocycles. The van der Waals surface area contributed by atoms with Gasteiger partial charge in [-0.1, -0.05) is 59.6 Å². The number of hydrogen-bond donors (Lipinski definition) is 1. The first-order chi connectivity index (χ1) is 15.4. The number of anilines is 1. The molecule has 3 rings (SSSR count). The van der Waals surface area contributed by atoms with Crippen LogP contribution in [0.3, 0.4) is 0 Å². The summed E-state index contributed by atoms with van der Waals surface area (Å²) in [5.41, 5.74) is 1.86. The topological polar surface area (TPSA) is 71.3 Å². The van der Waals surface area contributed by atoms with Crippen molar-refractivity contribution in [3.05, 3.63) is 91.0 Å². The van der Waals surface area contributed by atoms with Crippen molar-refractivity contribution in [2.75, 3.05) is 12.4 Å². The minimum atomic E-state index is -0.602. The lowest BCUT2D eigenvalue weighted by molar-refractivity contribution is -0.112. The van der Waals surface area contributed by atoms with E-state index in [4.69, 9.17) is 32.7 Å². The molecular formula is C24H17Cl2IN2O3. The number of carbonyl (C=O) groups is 1. The Morgan fingerprint density at radius 2 is 1.91 bits per heavy atom. The van der Waals surface area contributed by atoms with E-state index in [1.165, 1.54) is 13.2 Å². The molecule has 162 valence electrons. The third kappa shape index (κ3) is 5.94. The molecule has 0 bridgehead atoms. The molecule has 8 heteroatoms. The number of halogens is 3. The minimum absolute atomic E-state index is 0.100. The number of ether oxygens (including phenoxy) is 2. The summed E-state index contributed by atoms with van der Waals surface area (Å²) >= 11 is 14.2. The Morgan fingerprint density at radius 3 is 2.59 bits per heavy atom. The van der Waals surface area contributed by atoms with Crippen LogP contribution in [0.25, 0.3) is 6.08 Å². The lowest BCUT2D eigenvalue weighted by atomic mass is 10.1. The van der Waals surface area contributed by atoms with Gasteiger partial charge >= 0.3 is 0 Å². The summed E-state index contributed by atoms with van der Waals surface area (Å²) in [6.07, 6.45) is 1.47. The molecule has 5 nitrogen and oxygen atoms in total. The van der Waals surface area contributed by atoms with Crippen molar-refractivity contribution in [1.82, 2.24) is 0 Å². The second-order valence-electron chi connectivity index (χ2n) is 6.53. The number of nitrogens with one attached hydrogen (secondary N) is 1. The van der Waals surface area contributed by atoms with Crippen molar-refractivity contribution < 1.29 is 14.3 Å². The molecule has 3 aromatic carbocycles. The number of hydrogen-bond acceptors (Lipinski definition) is 4. The summed E-state index contributed by atoms with van der Waals surface area (Å²) in [4.78, 5) is 12.6. The second-order valence-corrected chi connectivity index (χ2v) is 8.48. The number of rotatable bonds is 7. The summed E-state index contributed by atoms with van der Waals surface area (Å²) in [6, 6.07) is 20.1. The van der Waals surface area contributed by atoms with Crippen LogP contribution in [0.4, 0.5) is 5.69 Å². The lowest BCUT2D eigenvalue weighted by Gasteiger charge is -2.14. The molecule has 0 atom stereocenters. The third-order valence-corrected chi connectivity index (χ3v) is 5.97. The molecule has 0 radical (unpaired) electrons. The summed E-state index contributed by atoms with van der Waals surface area (Å²) in [5, 5.41) is 12.6. The summed E-state index contributed by atoms with van der Waals surface area (Å²) in [5.74, 6) is 0.479. The molecule has 1 N–H and O–H groups in total. The van der Waals surface area contributed by atoms with Gasteiger partial charge in [0.25, 0.3) is 5.91 Å². The first-order valence-corrected chi connectivity index (χ1v) is 11.2. The lowest BCUT2D eigenvalue weighted by Crippen LogP contribution is -2.13. The summed E-state index contributed by atoms with van der Waals surface area (Å²) in [7, 11) is 1.54. The normalized spacial score (nSPS) is 10.9. The van der Waals surface area contributed by atoms with Crippen LogP contribution in [-0.2, 0) is 11.4 Å². The highest BCUT2D eigenvalue weighted by Gasteiger charge is 2.15.